The molecule has 0 nitrogen and oxygen atoms in total. The first-order valence-corrected chi connectivity index (χ1v) is 13.2. The molecule has 0 bridgehead atoms. The first-order chi connectivity index (χ1) is 15.7. The molecule has 0 unspecified atom stereocenters. The molecule has 0 saturated carbocycles. The third kappa shape index (κ3) is 72.2. The molecular weight excluding hydrogens is 579 g/mol. The fourth-order valence-electron chi connectivity index (χ4n) is 2.56. The van der Waals surface area contributed by atoms with Crippen LogP contribution in [0.4, 0.5) is 0 Å². The summed E-state index contributed by atoms with van der Waals surface area (Å²) in [5, 5.41) is 0. The maximum absolute atomic E-state index is 6.59. The molecular formula is C32H52Pt. The minimum atomic E-state index is 0. The van der Waals surface area contributed by atoms with Crippen molar-refractivity contribution in [3.05, 3.63) is 25.7 Å². The van der Waals surface area contributed by atoms with E-state index in [2.05, 4.69) is 51.4 Å². The van der Waals surface area contributed by atoms with Gasteiger partial charge in [0.2, 0.25) is 0 Å². The number of rotatable bonds is 16. The smallest absolute Gasteiger partial charge is 0.694 e. The van der Waals surface area contributed by atoms with Gasteiger partial charge in [-0.25, -0.2) is 0 Å². The molecule has 0 aromatic rings. The minimum absolute atomic E-state index is 0. The Balaban J connectivity index is -0.000000105. The van der Waals surface area contributed by atoms with E-state index < -0.39 is 0 Å². The molecule has 0 atom stereocenters. The van der Waals surface area contributed by atoms with Crippen LogP contribution in [0.2, 0.25) is 0 Å². The van der Waals surface area contributed by atoms with E-state index in [1.807, 2.05) is 0 Å². The van der Waals surface area contributed by atoms with Gasteiger partial charge in [0.1, 0.15) is 0 Å². The molecule has 0 N–H and O–H groups in total. The summed E-state index contributed by atoms with van der Waals surface area (Å²) >= 11 is 0. The Morgan fingerprint density at radius 2 is 0.515 bits per heavy atom. The Kier molecular flexibility index (Phi) is 67.3. The Bertz CT molecular complexity index is 361. The first-order valence-electron chi connectivity index (χ1n) is 13.2. The molecule has 0 aromatic carbocycles. The molecule has 33 heavy (non-hydrogen) atoms. The van der Waals surface area contributed by atoms with Gasteiger partial charge in [-0.1, -0.05) is 105 Å². The van der Waals surface area contributed by atoms with Gasteiger partial charge < -0.3 is 49.4 Å². The number of hydrogen-bond acceptors (Lipinski definition) is 0. The van der Waals surface area contributed by atoms with Gasteiger partial charge in [-0.05, 0) is 51.4 Å². The Morgan fingerprint density at radius 3 is 0.636 bits per heavy atom. The Hall–Kier alpha value is -1.07. The van der Waals surface area contributed by atoms with Gasteiger partial charge in [-0.15, -0.1) is 0 Å². The SMILES string of the molecule is [C-]#CCCCCCC.[C-]#CCCCCCC.[C-]#CCCCCCC.[C-]#CCCCCCC.[Pt+4]. The summed E-state index contributed by atoms with van der Waals surface area (Å²) in [6.07, 6.45) is 49.7. The molecule has 0 heterocycles. The molecule has 1 heteroatoms. The van der Waals surface area contributed by atoms with E-state index in [-0.39, 0.29) is 21.1 Å². The van der Waals surface area contributed by atoms with Crippen molar-refractivity contribution in [3.8, 4) is 23.7 Å². The van der Waals surface area contributed by atoms with E-state index >= 15 is 0 Å². The van der Waals surface area contributed by atoms with Gasteiger partial charge in [0.05, 0.1) is 0 Å². The maximum Gasteiger partial charge on any atom is 4.00 e. The second kappa shape index (κ2) is 52.7. The summed E-state index contributed by atoms with van der Waals surface area (Å²) in [5.74, 6) is 9.51. The fraction of sp³-hybridized carbons (Fsp3) is 0.750. The zero-order valence-corrected chi connectivity index (χ0v) is 24.7. The van der Waals surface area contributed by atoms with Crippen LogP contribution in [-0.2, 0) is 21.1 Å². The molecule has 0 fully saturated rings. The molecule has 0 spiro atoms. The predicted molar refractivity (Wildman–Crippen MR) is 144 cm³/mol. The van der Waals surface area contributed by atoms with E-state index in [4.69, 9.17) is 25.7 Å². The van der Waals surface area contributed by atoms with Crippen LogP contribution in [0.15, 0.2) is 0 Å². The summed E-state index contributed by atoms with van der Waals surface area (Å²) in [6, 6.07) is 0. The van der Waals surface area contributed by atoms with Crippen molar-refractivity contribution in [2.24, 2.45) is 0 Å². The number of unbranched alkanes of at least 4 members (excludes halogenated alkanes) is 16. The molecule has 0 rings (SSSR count). The van der Waals surface area contributed by atoms with E-state index in [1.54, 1.807) is 0 Å². The van der Waals surface area contributed by atoms with Gasteiger partial charge in [0.15, 0.2) is 0 Å². The van der Waals surface area contributed by atoms with Crippen LogP contribution in [0.25, 0.3) is 0 Å². The standard InChI is InChI=1S/4C8H13.Pt/c4*1-3-5-7-8-6-4-2;/h4*3,5-8H2,1H3;/q4*-1;+4. The van der Waals surface area contributed by atoms with Gasteiger partial charge in [-0.3, -0.25) is 0 Å². The first kappa shape index (κ1) is 42.1. The van der Waals surface area contributed by atoms with Crippen LogP contribution in [0, 0.1) is 49.4 Å². The van der Waals surface area contributed by atoms with Gasteiger partial charge in [0, 0.05) is 0 Å². The molecule has 0 aromatic heterocycles. The van der Waals surface area contributed by atoms with Gasteiger partial charge in [-0.2, -0.15) is 0 Å². The van der Waals surface area contributed by atoms with Crippen LogP contribution in [0.1, 0.15) is 156 Å². The second-order valence-corrected chi connectivity index (χ2v) is 7.95. The predicted octanol–water partition coefficient (Wildman–Crippen LogP) is 10.2. The molecule has 190 valence electrons. The normalized spacial score (nSPS) is 8.24. The number of hydrogen-bond donors (Lipinski definition) is 0. The van der Waals surface area contributed by atoms with E-state index in [0.717, 1.165) is 51.4 Å². The minimum Gasteiger partial charge on any atom is -0.694 e. The molecule has 0 radical (unpaired) electrons. The second-order valence-electron chi connectivity index (χ2n) is 7.95. The van der Waals surface area contributed by atoms with Crippen molar-refractivity contribution in [2.45, 2.75) is 156 Å². The molecule has 0 aliphatic heterocycles. The van der Waals surface area contributed by atoms with Crippen molar-refractivity contribution in [2.75, 3.05) is 0 Å². The van der Waals surface area contributed by atoms with Crippen LogP contribution < -0.4 is 0 Å². The summed E-state index contributed by atoms with van der Waals surface area (Å²) in [6.45, 7) is 8.75. The molecule has 0 aliphatic carbocycles. The van der Waals surface area contributed by atoms with Crippen molar-refractivity contribution in [1.82, 2.24) is 0 Å². The summed E-state index contributed by atoms with van der Waals surface area (Å²) in [7, 11) is 0. The molecule has 0 amide bonds. The largest absolute Gasteiger partial charge is 4.00 e. The topological polar surface area (TPSA) is 0 Å². The van der Waals surface area contributed by atoms with Gasteiger partial charge >= 0.3 is 21.1 Å². The molecule has 0 aliphatic rings. The molecule has 0 saturated heterocycles. The fourth-order valence-corrected chi connectivity index (χ4v) is 2.56. The van der Waals surface area contributed by atoms with Crippen LogP contribution >= 0.6 is 0 Å². The Morgan fingerprint density at radius 1 is 0.333 bits per heavy atom. The zero-order valence-electron chi connectivity index (χ0n) is 22.5. The van der Waals surface area contributed by atoms with Crippen molar-refractivity contribution in [1.29, 1.82) is 0 Å². The third-order valence-corrected chi connectivity index (χ3v) is 4.62. The summed E-state index contributed by atoms with van der Waals surface area (Å²) in [4.78, 5) is 0. The monoisotopic (exact) mass is 631 g/mol. The van der Waals surface area contributed by atoms with Crippen LogP contribution in [-0.4, -0.2) is 0 Å². The Labute approximate surface area is 225 Å². The average molecular weight is 632 g/mol. The maximum atomic E-state index is 6.59. The van der Waals surface area contributed by atoms with Gasteiger partial charge in [0.25, 0.3) is 0 Å². The van der Waals surface area contributed by atoms with Crippen molar-refractivity contribution < 1.29 is 21.1 Å². The summed E-state index contributed by atoms with van der Waals surface area (Å²) in [5.41, 5.74) is 0. The summed E-state index contributed by atoms with van der Waals surface area (Å²) < 4.78 is 0. The van der Waals surface area contributed by atoms with Crippen LogP contribution in [0.3, 0.4) is 0 Å². The third-order valence-electron chi connectivity index (χ3n) is 4.62. The quantitative estimate of drug-likeness (QED) is 0.0904. The van der Waals surface area contributed by atoms with Crippen molar-refractivity contribution >= 4 is 0 Å². The van der Waals surface area contributed by atoms with E-state index in [0.29, 0.717) is 0 Å². The average Bonchev–Trinajstić information content (AvgIpc) is 2.82. The van der Waals surface area contributed by atoms with E-state index in [1.165, 1.54) is 77.0 Å². The zero-order chi connectivity index (χ0) is 25.0. The van der Waals surface area contributed by atoms with Crippen molar-refractivity contribution in [3.63, 3.8) is 0 Å². The van der Waals surface area contributed by atoms with E-state index in [9.17, 15) is 0 Å². The van der Waals surface area contributed by atoms with Crippen LogP contribution in [0.5, 0.6) is 0 Å².